The van der Waals surface area contributed by atoms with Gasteiger partial charge in [-0.25, -0.2) is 4.68 Å². The molecule has 136 valence electrons. The van der Waals surface area contributed by atoms with Gasteiger partial charge in [0.25, 0.3) is 5.91 Å². The lowest BCUT2D eigenvalue weighted by Crippen LogP contribution is -2.25. The van der Waals surface area contributed by atoms with Gasteiger partial charge in [0.1, 0.15) is 0 Å². The molecule has 2 aromatic heterocycles. The Bertz CT molecular complexity index is 1060. The van der Waals surface area contributed by atoms with Crippen molar-refractivity contribution in [1.82, 2.24) is 24.9 Å². The molecular weight excluding hydrogens is 338 g/mol. The van der Waals surface area contributed by atoms with Gasteiger partial charge in [-0.2, -0.15) is 0 Å². The molecule has 0 saturated carbocycles. The molecule has 4 aromatic rings. The van der Waals surface area contributed by atoms with E-state index in [1.165, 1.54) is 16.5 Å². The quantitative estimate of drug-likeness (QED) is 0.537. The van der Waals surface area contributed by atoms with Crippen molar-refractivity contribution in [3.05, 3.63) is 78.2 Å². The summed E-state index contributed by atoms with van der Waals surface area (Å²) in [5, 5.41) is 12.2. The van der Waals surface area contributed by atoms with Crippen LogP contribution in [0.2, 0.25) is 0 Å². The van der Waals surface area contributed by atoms with Crippen LogP contribution in [-0.4, -0.2) is 32.0 Å². The topological polar surface area (TPSA) is 64.7 Å². The summed E-state index contributed by atoms with van der Waals surface area (Å²) in [4.78, 5) is 12.3. The lowest BCUT2D eigenvalue weighted by molar-refractivity contribution is 0.0947. The first-order valence-electron chi connectivity index (χ1n) is 9.02. The summed E-state index contributed by atoms with van der Waals surface area (Å²) in [6.45, 7) is 3.47. The fourth-order valence-corrected chi connectivity index (χ4v) is 3.07. The smallest absolute Gasteiger partial charge is 0.273 e. The standard InChI is InChI=1S/C21H21N5O/c1-16-7-9-18(10-8-16)26-15-19(23-24-26)21(27)22-12-4-13-25-14-11-17-5-2-3-6-20(17)25/h2-3,5-11,14-15H,4,12-13H2,1H3,(H,22,27). The van der Waals surface area contributed by atoms with E-state index < -0.39 is 0 Å². The Morgan fingerprint density at radius 1 is 1.07 bits per heavy atom. The maximum Gasteiger partial charge on any atom is 0.273 e. The number of amides is 1. The third kappa shape index (κ3) is 3.74. The zero-order chi connectivity index (χ0) is 18.6. The molecule has 0 aliphatic carbocycles. The van der Waals surface area contributed by atoms with E-state index in [9.17, 15) is 4.79 Å². The van der Waals surface area contributed by atoms with Crippen LogP contribution in [0.5, 0.6) is 0 Å². The van der Waals surface area contributed by atoms with E-state index in [1.807, 2.05) is 43.3 Å². The van der Waals surface area contributed by atoms with Crippen molar-refractivity contribution < 1.29 is 4.79 Å². The number of carbonyl (C=O) groups excluding carboxylic acids is 1. The molecule has 0 aliphatic rings. The summed E-state index contributed by atoms with van der Waals surface area (Å²) in [7, 11) is 0. The van der Waals surface area contributed by atoms with Gasteiger partial charge >= 0.3 is 0 Å². The van der Waals surface area contributed by atoms with Crippen molar-refractivity contribution in [2.75, 3.05) is 6.54 Å². The highest BCUT2D eigenvalue weighted by atomic mass is 16.2. The zero-order valence-electron chi connectivity index (χ0n) is 15.2. The highest BCUT2D eigenvalue weighted by Crippen LogP contribution is 2.15. The molecular formula is C21H21N5O. The molecule has 0 fully saturated rings. The molecule has 1 N–H and O–H groups in total. The number of para-hydroxylation sites is 1. The Labute approximate surface area is 157 Å². The maximum atomic E-state index is 12.3. The second-order valence-electron chi connectivity index (χ2n) is 6.56. The number of fused-ring (bicyclic) bond motifs is 1. The van der Waals surface area contributed by atoms with Crippen molar-refractivity contribution >= 4 is 16.8 Å². The number of rotatable bonds is 6. The molecule has 0 aliphatic heterocycles. The van der Waals surface area contributed by atoms with Crippen molar-refractivity contribution in [1.29, 1.82) is 0 Å². The highest BCUT2D eigenvalue weighted by Gasteiger charge is 2.11. The molecule has 4 rings (SSSR count). The zero-order valence-corrected chi connectivity index (χ0v) is 15.2. The minimum Gasteiger partial charge on any atom is -0.351 e. The van der Waals surface area contributed by atoms with Crippen LogP contribution in [0.15, 0.2) is 67.0 Å². The molecule has 6 heteroatoms. The Balaban J connectivity index is 1.31. The van der Waals surface area contributed by atoms with Crippen LogP contribution in [0.1, 0.15) is 22.5 Å². The lowest BCUT2D eigenvalue weighted by Gasteiger charge is -2.06. The fourth-order valence-electron chi connectivity index (χ4n) is 3.07. The molecule has 0 saturated heterocycles. The third-order valence-electron chi connectivity index (χ3n) is 4.57. The van der Waals surface area contributed by atoms with Crippen LogP contribution < -0.4 is 5.32 Å². The average Bonchev–Trinajstić information content (AvgIpc) is 3.33. The predicted molar refractivity (Wildman–Crippen MR) is 105 cm³/mol. The van der Waals surface area contributed by atoms with Crippen LogP contribution >= 0.6 is 0 Å². The van der Waals surface area contributed by atoms with Crippen molar-refractivity contribution in [3.63, 3.8) is 0 Å². The van der Waals surface area contributed by atoms with Gasteiger partial charge in [0.2, 0.25) is 0 Å². The predicted octanol–water partition coefficient (Wildman–Crippen LogP) is 3.35. The van der Waals surface area contributed by atoms with Crippen LogP contribution in [-0.2, 0) is 6.54 Å². The molecule has 27 heavy (non-hydrogen) atoms. The van der Waals surface area contributed by atoms with Gasteiger partial charge in [0.15, 0.2) is 5.69 Å². The second kappa shape index (κ2) is 7.45. The van der Waals surface area contributed by atoms with Crippen molar-refractivity contribution in [3.8, 4) is 5.69 Å². The largest absolute Gasteiger partial charge is 0.351 e. The van der Waals surface area contributed by atoms with Crippen molar-refractivity contribution in [2.24, 2.45) is 0 Å². The molecule has 0 spiro atoms. The van der Waals surface area contributed by atoms with Gasteiger partial charge in [0.05, 0.1) is 11.9 Å². The number of benzene rings is 2. The maximum absolute atomic E-state index is 12.3. The van der Waals surface area contributed by atoms with Gasteiger partial charge in [-0.3, -0.25) is 4.79 Å². The normalized spacial score (nSPS) is 11.0. The second-order valence-corrected chi connectivity index (χ2v) is 6.56. The van der Waals surface area contributed by atoms with Gasteiger partial charge in [0, 0.05) is 24.8 Å². The minimum absolute atomic E-state index is 0.203. The first kappa shape index (κ1) is 17.0. The lowest BCUT2D eigenvalue weighted by atomic mass is 10.2. The third-order valence-corrected chi connectivity index (χ3v) is 4.57. The van der Waals surface area contributed by atoms with Crippen LogP contribution in [0.4, 0.5) is 0 Å². The highest BCUT2D eigenvalue weighted by molar-refractivity contribution is 5.91. The molecule has 6 nitrogen and oxygen atoms in total. The van der Waals surface area contributed by atoms with Gasteiger partial charge in [-0.15, -0.1) is 5.10 Å². The molecule has 0 atom stereocenters. The molecule has 0 unspecified atom stereocenters. The number of hydrogen-bond donors (Lipinski definition) is 1. The van der Waals surface area contributed by atoms with E-state index in [0.717, 1.165) is 18.7 Å². The number of nitrogens with zero attached hydrogens (tertiary/aromatic N) is 4. The summed E-state index contributed by atoms with van der Waals surface area (Å²) in [5.41, 5.74) is 3.59. The SMILES string of the molecule is Cc1ccc(-n2cc(C(=O)NCCCn3ccc4ccccc43)nn2)cc1. The molecule has 2 aromatic carbocycles. The van der Waals surface area contributed by atoms with E-state index in [0.29, 0.717) is 12.2 Å². The summed E-state index contributed by atoms with van der Waals surface area (Å²) in [5.74, 6) is -0.203. The van der Waals surface area contributed by atoms with Gasteiger partial charge < -0.3 is 9.88 Å². The van der Waals surface area contributed by atoms with E-state index in [-0.39, 0.29) is 5.91 Å². The van der Waals surface area contributed by atoms with Crippen LogP contribution in [0.25, 0.3) is 16.6 Å². The summed E-state index contributed by atoms with van der Waals surface area (Å²) >= 11 is 0. The molecule has 0 radical (unpaired) electrons. The summed E-state index contributed by atoms with van der Waals surface area (Å²) in [6.07, 6.45) is 4.58. The number of nitrogens with one attached hydrogen (secondary N) is 1. The number of aromatic nitrogens is 4. The number of hydrogen-bond acceptors (Lipinski definition) is 3. The Hall–Kier alpha value is -3.41. The van der Waals surface area contributed by atoms with E-state index >= 15 is 0 Å². The Kier molecular flexibility index (Phi) is 4.70. The first-order valence-corrected chi connectivity index (χ1v) is 9.02. The van der Waals surface area contributed by atoms with Crippen LogP contribution in [0.3, 0.4) is 0 Å². The molecule has 0 bridgehead atoms. The number of aryl methyl sites for hydroxylation is 2. The Morgan fingerprint density at radius 2 is 1.89 bits per heavy atom. The van der Waals surface area contributed by atoms with E-state index in [4.69, 9.17) is 0 Å². The monoisotopic (exact) mass is 359 g/mol. The molecule has 1 amide bonds. The van der Waals surface area contributed by atoms with E-state index in [2.05, 4.69) is 44.6 Å². The van der Waals surface area contributed by atoms with Gasteiger partial charge in [-0.05, 0) is 43.0 Å². The average molecular weight is 359 g/mol. The Morgan fingerprint density at radius 3 is 2.74 bits per heavy atom. The van der Waals surface area contributed by atoms with Crippen molar-refractivity contribution in [2.45, 2.75) is 19.9 Å². The summed E-state index contributed by atoms with van der Waals surface area (Å²) < 4.78 is 3.81. The molecule has 2 heterocycles. The first-order chi connectivity index (χ1) is 13.2. The minimum atomic E-state index is -0.203. The summed E-state index contributed by atoms with van der Waals surface area (Å²) in [6, 6.07) is 18.3. The number of carbonyl (C=O) groups is 1. The fraction of sp³-hybridized carbons (Fsp3) is 0.190. The van der Waals surface area contributed by atoms with Crippen LogP contribution in [0, 0.1) is 6.92 Å². The van der Waals surface area contributed by atoms with Gasteiger partial charge in [-0.1, -0.05) is 41.1 Å². The van der Waals surface area contributed by atoms with E-state index in [1.54, 1.807) is 10.9 Å².